The molecule has 2 amide bonds. The molecule has 3 fully saturated rings. The highest BCUT2D eigenvalue weighted by atomic mass is 16.6. The van der Waals surface area contributed by atoms with E-state index < -0.39 is 72.6 Å². The highest BCUT2D eigenvalue weighted by Crippen LogP contribution is 2.50. The van der Waals surface area contributed by atoms with Gasteiger partial charge >= 0.3 is 23.9 Å². The number of hydrogen-bond acceptors (Lipinski definition) is 12. The predicted octanol–water partition coefficient (Wildman–Crippen LogP) is 8.20. The number of rotatable bonds is 22. The Morgan fingerprint density at radius 1 is 0.470 bits per heavy atom. The number of ether oxygens (including phenoxy) is 6. The van der Waals surface area contributed by atoms with Crippen LogP contribution < -0.4 is 9.47 Å². The number of para-hydroxylation sites is 2. The lowest BCUT2D eigenvalue weighted by atomic mass is 9.55. The van der Waals surface area contributed by atoms with Crippen molar-refractivity contribution in [2.24, 2.45) is 23.7 Å². The van der Waals surface area contributed by atoms with Crippen molar-refractivity contribution < 1.29 is 57.2 Å². The Kier molecular flexibility index (Phi) is 16.4. The van der Waals surface area contributed by atoms with Gasteiger partial charge in [-0.15, -0.1) is 0 Å². The summed E-state index contributed by atoms with van der Waals surface area (Å²) in [5.74, 6) is -8.01. The lowest BCUT2D eigenvalue weighted by molar-refractivity contribution is -0.195. The molecular formula is C52H58N2O12. The standard InChI is InChI=1S/C52H58N2O12/c1-3-29-53(31-35-21-25-41(26-22-35)63-37-13-7-5-8-14-37)49(57)45-46(50(58)54(30-4-2)32-36-23-27-42(28-24-36)64-38-15-9-6-10-16-38)48(52(60)62-34-44(56)66-40-19-12-20-40)47(45)51(59)61-33-43(55)65-39-17-11-18-39/h5-10,13-16,21-28,39-40,45-48H,3-4,11-12,17-20,29-34H2,1-2H3/t45-,46-,47-,48-/m0/s1. The van der Waals surface area contributed by atoms with Crippen molar-refractivity contribution in [1.82, 2.24) is 9.80 Å². The first-order valence-electron chi connectivity index (χ1n) is 23.0. The first kappa shape index (κ1) is 47.3. The van der Waals surface area contributed by atoms with E-state index in [1.54, 1.807) is 34.1 Å². The first-order chi connectivity index (χ1) is 32.1. The van der Waals surface area contributed by atoms with Crippen LogP contribution in [0.3, 0.4) is 0 Å². The third kappa shape index (κ3) is 12.3. The van der Waals surface area contributed by atoms with Gasteiger partial charge in [0.25, 0.3) is 0 Å². The van der Waals surface area contributed by atoms with Crippen molar-refractivity contribution in [3.05, 3.63) is 120 Å². The molecule has 0 radical (unpaired) electrons. The number of hydrogen-bond donors (Lipinski definition) is 0. The molecule has 3 aliphatic carbocycles. The van der Waals surface area contributed by atoms with Crippen LogP contribution in [0.15, 0.2) is 109 Å². The Hall–Kier alpha value is -6.70. The molecule has 66 heavy (non-hydrogen) atoms. The van der Waals surface area contributed by atoms with Crippen molar-refractivity contribution in [2.75, 3.05) is 26.3 Å². The van der Waals surface area contributed by atoms with E-state index in [0.29, 0.717) is 61.5 Å². The molecule has 0 saturated heterocycles. The van der Waals surface area contributed by atoms with E-state index in [0.717, 1.165) is 24.0 Å². The first-order valence-corrected chi connectivity index (χ1v) is 23.0. The van der Waals surface area contributed by atoms with E-state index in [9.17, 15) is 19.2 Å². The summed E-state index contributed by atoms with van der Waals surface area (Å²) in [6.45, 7) is 3.06. The van der Waals surface area contributed by atoms with E-state index in [-0.39, 0.29) is 38.4 Å². The minimum absolute atomic E-state index is 0.114. The van der Waals surface area contributed by atoms with Crippen LogP contribution in [-0.2, 0) is 60.8 Å². The summed E-state index contributed by atoms with van der Waals surface area (Å²) in [4.78, 5) is 87.3. The van der Waals surface area contributed by atoms with Gasteiger partial charge in [-0.3, -0.25) is 19.2 Å². The molecule has 348 valence electrons. The zero-order valence-corrected chi connectivity index (χ0v) is 37.5. The maximum Gasteiger partial charge on any atom is 0.344 e. The molecule has 0 unspecified atom stereocenters. The van der Waals surface area contributed by atoms with Gasteiger partial charge in [0.1, 0.15) is 35.2 Å². The molecule has 0 bridgehead atoms. The smallest absolute Gasteiger partial charge is 0.344 e. The number of esters is 4. The average molecular weight is 903 g/mol. The molecule has 4 atom stereocenters. The Morgan fingerprint density at radius 2 is 0.818 bits per heavy atom. The van der Waals surface area contributed by atoms with Gasteiger partial charge in [-0.1, -0.05) is 74.5 Å². The highest BCUT2D eigenvalue weighted by molar-refractivity contribution is 6.01. The van der Waals surface area contributed by atoms with Crippen LogP contribution in [0.1, 0.15) is 76.3 Å². The average Bonchev–Trinajstić information content (AvgIpc) is 3.28. The summed E-state index contributed by atoms with van der Waals surface area (Å²) >= 11 is 0. The predicted molar refractivity (Wildman–Crippen MR) is 241 cm³/mol. The van der Waals surface area contributed by atoms with Gasteiger partial charge in [-0.2, -0.15) is 0 Å². The monoisotopic (exact) mass is 902 g/mol. The molecule has 3 saturated carbocycles. The van der Waals surface area contributed by atoms with Gasteiger partial charge in [0.05, 0.1) is 23.7 Å². The molecule has 0 aromatic heterocycles. The fraction of sp³-hybridized carbons (Fsp3) is 0.423. The van der Waals surface area contributed by atoms with E-state index in [2.05, 4.69) is 0 Å². The SMILES string of the molecule is CCCN(Cc1ccc(Oc2ccccc2)cc1)C(=O)[C@@H]1[C@H](C(=O)OCC(=O)OC2CCC2)[C@@H](C(=O)OCC(=O)OC2CCC2)[C@H]1C(=O)N(CCC)Cc1ccc(Oc2ccccc2)cc1. The molecule has 4 aromatic carbocycles. The summed E-state index contributed by atoms with van der Waals surface area (Å²) in [5, 5.41) is 0. The third-order valence-corrected chi connectivity index (χ3v) is 12.2. The minimum Gasteiger partial charge on any atom is -0.460 e. The molecule has 14 nitrogen and oxygen atoms in total. The Morgan fingerprint density at radius 3 is 1.14 bits per heavy atom. The zero-order valence-electron chi connectivity index (χ0n) is 37.5. The quantitative estimate of drug-likeness (QED) is 0.0550. The summed E-state index contributed by atoms with van der Waals surface area (Å²) < 4.78 is 33.8. The third-order valence-electron chi connectivity index (χ3n) is 12.2. The van der Waals surface area contributed by atoms with Crippen molar-refractivity contribution in [3.63, 3.8) is 0 Å². The van der Waals surface area contributed by atoms with Gasteiger partial charge in [-0.25, -0.2) is 9.59 Å². The van der Waals surface area contributed by atoms with Crippen LogP contribution in [0.4, 0.5) is 0 Å². The number of benzene rings is 4. The Labute approximate surface area is 385 Å². The van der Waals surface area contributed by atoms with E-state index in [1.807, 2.05) is 98.8 Å². The Balaban J connectivity index is 1.17. The number of carbonyl (C=O) groups is 6. The van der Waals surface area contributed by atoms with Gasteiger partial charge in [-0.05, 0) is 111 Å². The van der Waals surface area contributed by atoms with E-state index >= 15 is 9.59 Å². The van der Waals surface area contributed by atoms with Gasteiger partial charge in [0.2, 0.25) is 11.8 Å². The molecule has 14 heteroatoms. The van der Waals surface area contributed by atoms with Crippen LogP contribution in [0.5, 0.6) is 23.0 Å². The second kappa shape index (κ2) is 23.0. The van der Waals surface area contributed by atoms with Crippen LogP contribution in [0.25, 0.3) is 0 Å². The molecule has 3 aliphatic rings. The van der Waals surface area contributed by atoms with Gasteiger partial charge < -0.3 is 38.2 Å². The van der Waals surface area contributed by atoms with E-state index in [4.69, 9.17) is 28.4 Å². The molecule has 4 aromatic rings. The molecule has 0 spiro atoms. The van der Waals surface area contributed by atoms with Crippen molar-refractivity contribution in [2.45, 2.75) is 90.5 Å². The lowest BCUT2D eigenvalue weighted by Gasteiger charge is -2.49. The van der Waals surface area contributed by atoms with Crippen LogP contribution >= 0.6 is 0 Å². The number of nitrogens with zero attached hydrogens (tertiary/aromatic N) is 2. The van der Waals surface area contributed by atoms with Crippen LogP contribution in [0, 0.1) is 23.7 Å². The lowest BCUT2D eigenvalue weighted by Crippen LogP contribution is -2.65. The van der Waals surface area contributed by atoms with Crippen molar-refractivity contribution in [3.8, 4) is 23.0 Å². The number of amides is 2. The normalized spacial score (nSPS) is 18.8. The topological polar surface area (TPSA) is 164 Å². The largest absolute Gasteiger partial charge is 0.460 e. The maximum absolute atomic E-state index is 15.1. The maximum atomic E-state index is 15.1. The van der Waals surface area contributed by atoms with Crippen molar-refractivity contribution in [1.29, 1.82) is 0 Å². The van der Waals surface area contributed by atoms with Gasteiger partial charge in [0, 0.05) is 26.2 Å². The molecular weight excluding hydrogens is 845 g/mol. The summed E-state index contributed by atoms with van der Waals surface area (Å²) in [6.07, 6.45) is 5.19. The molecule has 0 heterocycles. The van der Waals surface area contributed by atoms with E-state index in [1.165, 1.54) is 0 Å². The zero-order chi connectivity index (χ0) is 46.4. The van der Waals surface area contributed by atoms with Crippen molar-refractivity contribution >= 4 is 35.7 Å². The highest BCUT2D eigenvalue weighted by Gasteiger charge is 2.65. The fourth-order valence-electron chi connectivity index (χ4n) is 8.33. The summed E-state index contributed by atoms with van der Waals surface area (Å²) in [5.41, 5.74) is 1.51. The van der Waals surface area contributed by atoms with Crippen LogP contribution in [0.2, 0.25) is 0 Å². The van der Waals surface area contributed by atoms with Gasteiger partial charge in [0.15, 0.2) is 13.2 Å². The summed E-state index contributed by atoms with van der Waals surface area (Å²) in [7, 11) is 0. The second-order valence-corrected chi connectivity index (χ2v) is 17.0. The molecule has 0 N–H and O–H groups in total. The molecule has 0 aliphatic heterocycles. The fourth-order valence-corrected chi connectivity index (χ4v) is 8.33. The minimum atomic E-state index is -1.53. The Bertz CT molecular complexity index is 2100. The summed E-state index contributed by atoms with van der Waals surface area (Å²) in [6, 6.07) is 33.1. The number of carbonyl (C=O) groups excluding carboxylic acids is 6. The second-order valence-electron chi connectivity index (χ2n) is 17.0. The molecule has 7 rings (SSSR count). The van der Waals surface area contributed by atoms with Crippen LogP contribution in [-0.4, -0.2) is 84.0 Å².